The molecule has 15 heavy (non-hydrogen) atoms. The van der Waals surface area contributed by atoms with Crippen molar-refractivity contribution < 1.29 is 4.74 Å². The molecule has 0 aliphatic heterocycles. The Hall–Kier alpha value is -1.22. The molecule has 0 saturated carbocycles. The van der Waals surface area contributed by atoms with E-state index in [1.165, 1.54) is 0 Å². The normalized spacial score (nSPS) is 10.6. The highest BCUT2D eigenvalue weighted by Gasteiger charge is 2.07. The Labute approximate surface area is 95.1 Å². The van der Waals surface area contributed by atoms with Crippen LogP contribution in [0.25, 0.3) is 0 Å². The van der Waals surface area contributed by atoms with Crippen molar-refractivity contribution in [3.05, 3.63) is 41.6 Å². The SMILES string of the molecule is C=C(/C=C/C)Sc1c(C)cncc1OC. The Morgan fingerprint density at radius 2 is 2.27 bits per heavy atom. The summed E-state index contributed by atoms with van der Waals surface area (Å²) >= 11 is 1.60. The number of nitrogens with zero attached hydrogens (tertiary/aromatic N) is 1. The van der Waals surface area contributed by atoms with E-state index in [0.717, 1.165) is 21.1 Å². The zero-order valence-corrected chi connectivity index (χ0v) is 10.1. The van der Waals surface area contributed by atoms with Crippen LogP contribution < -0.4 is 4.74 Å². The Balaban J connectivity index is 2.97. The third-order valence-corrected chi connectivity index (χ3v) is 2.97. The maximum Gasteiger partial charge on any atom is 0.151 e. The monoisotopic (exact) mass is 221 g/mol. The van der Waals surface area contributed by atoms with Gasteiger partial charge < -0.3 is 4.74 Å². The maximum atomic E-state index is 5.26. The molecular formula is C12H15NOS. The number of methoxy groups -OCH3 is 1. The average Bonchev–Trinajstić information content (AvgIpc) is 2.21. The summed E-state index contributed by atoms with van der Waals surface area (Å²) in [5.74, 6) is 0.797. The van der Waals surface area contributed by atoms with Gasteiger partial charge in [-0.2, -0.15) is 0 Å². The minimum atomic E-state index is 0.797. The average molecular weight is 221 g/mol. The highest BCUT2D eigenvalue weighted by molar-refractivity contribution is 8.03. The standard InChI is InChI=1S/C12H15NOS/c1-5-6-10(3)15-12-9(2)7-13-8-11(12)14-4/h5-8H,3H2,1-2,4H3/b6-5+. The van der Waals surface area contributed by atoms with E-state index in [-0.39, 0.29) is 0 Å². The second-order valence-corrected chi connectivity index (χ2v) is 4.19. The summed E-state index contributed by atoms with van der Waals surface area (Å²) in [6, 6.07) is 0. The third kappa shape index (κ3) is 3.13. The number of aromatic nitrogens is 1. The molecule has 0 fully saturated rings. The van der Waals surface area contributed by atoms with Crippen molar-refractivity contribution in [3.63, 3.8) is 0 Å². The summed E-state index contributed by atoms with van der Waals surface area (Å²) in [5, 5.41) is 0. The maximum absolute atomic E-state index is 5.26. The smallest absolute Gasteiger partial charge is 0.151 e. The predicted octanol–water partition coefficient (Wildman–Crippen LogP) is 3.58. The second-order valence-electron chi connectivity index (χ2n) is 3.06. The molecule has 1 aromatic rings. The molecule has 0 spiro atoms. The van der Waals surface area contributed by atoms with Gasteiger partial charge in [-0.25, -0.2) is 0 Å². The van der Waals surface area contributed by atoms with Gasteiger partial charge in [0.25, 0.3) is 0 Å². The van der Waals surface area contributed by atoms with E-state index in [4.69, 9.17) is 4.74 Å². The zero-order chi connectivity index (χ0) is 11.3. The van der Waals surface area contributed by atoms with Crippen LogP contribution in [-0.2, 0) is 0 Å². The van der Waals surface area contributed by atoms with E-state index in [0.29, 0.717) is 0 Å². The molecule has 0 N–H and O–H groups in total. The van der Waals surface area contributed by atoms with Gasteiger partial charge in [0.15, 0.2) is 5.75 Å². The van der Waals surface area contributed by atoms with Crippen molar-refractivity contribution in [1.82, 2.24) is 4.98 Å². The first-order chi connectivity index (χ1) is 7.19. The van der Waals surface area contributed by atoms with Gasteiger partial charge in [-0.05, 0) is 19.4 Å². The lowest BCUT2D eigenvalue weighted by molar-refractivity contribution is 0.402. The molecule has 0 radical (unpaired) electrons. The molecule has 1 aromatic heterocycles. The van der Waals surface area contributed by atoms with Crippen LogP contribution >= 0.6 is 11.8 Å². The van der Waals surface area contributed by atoms with Crippen molar-refractivity contribution in [2.45, 2.75) is 18.7 Å². The summed E-state index contributed by atoms with van der Waals surface area (Å²) in [6.07, 6.45) is 7.49. The molecular weight excluding hydrogens is 206 g/mol. The van der Waals surface area contributed by atoms with Crippen LogP contribution in [0.5, 0.6) is 5.75 Å². The van der Waals surface area contributed by atoms with Crippen LogP contribution in [0, 0.1) is 6.92 Å². The summed E-state index contributed by atoms with van der Waals surface area (Å²) < 4.78 is 5.26. The highest BCUT2D eigenvalue weighted by Crippen LogP contribution is 2.35. The zero-order valence-electron chi connectivity index (χ0n) is 9.28. The molecule has 0 aliphatic rings. The van der Waals surface area contributed by atoms with Gasteiger partial charge >= 0.3 is 0 Å². The van der Waals surface area contributed by atoms with E-state index in [1.54, 1.807) is 25.1 Å². The van der Waals surface area contributed by atoms with Crippen molar-refractivity contribution in [2.24, 2.45) is 0 Å². The Kier molecular flexibility index (Phi) is 4.43. The molecule has 80 valence electrons. The van der Waals surface area contributed by atoms with Crippen LogP contribution in [0.15, 0.2) is 40.9 Å². The summed E-state index contributed by atoms with van der Waals surface area (Å²) in [5.41, 5.74) is 1.10. The molecule has 0 aromatic carbocycles. The molecule has 2 nitrogen and oxygen atoms in total. The van der Waals surface area contributed by atoms with Gasteiger partial charge in [-0.1, -0.05) is 30.5 Å². The fraction of sp³-hybridized carbons (Fsp3) is 0.250. The minimum Gasteiger partial charge on any atom is -0.494 e. The molecule has 0 bridgehead atoms. The van der Waals surface area contributed by atoms with Crippen molar-refractivity contribution in [1.29, 1.82) is 0 Å². The molecule has 0 unspecified atom stereocenters. The first-order valence-electron chi connectivity index (χ1n) is 4.67. The van der Waals surface area contributed by atoms with E-state index in [2.05, 4.69) is 11.6 Å². The lowest BCUT2D eigenvalue weighted by Crippen LogP contribution is -1.90. The molecule has 0 atom stereocenters. The topological polar surface area (TPSA) is 22.1 Å². The Bertz CT molecular complexity index is 385. The first-order valence-corrected chi connectivity index (χ1v) is 5.48. The first kappa shape index (κ1) is 11.9. The van der Waals surface area contributed by atoms with E-state index >= 15 is 0 Å². The summed E-state index contributed by atoms with van der Waals surface area (Å²) in [4.78, 5) is 6.15. The number of rotatable bonds is 4. The largest absolute Gasteiger partial charge is 0.494 e. The fourth-order valence-electron chi connectivity index (χ4n) is 1.16. The summed E-state index contributed by atoms with van der Waals surface area (Å²) in [7, 11) is 1.65. The van der Waals surface area contributed by atoms with Crippen LogP contribution in [0.3, 0.4) is 0 Å². The van der Waals surface area contributed by atoms with Crippen LogP contribution in [0.4, 0.5) is 0 Å². The molecule has 3 heteroatoms. The summed E-state index contributed by atoms with van der Waals surface area (Å²) in [6.45, 7) is 7.95. The third-order valence-electron chi connectivity index (χ3n) is 1.85. The van der Waals surface area contributed by atoms with Gasteiger partial charge in [-0.3, -0.25) is 4.98 Å². The lowest BCUT2D eigenvalue weighted by Gasteiger charge is -2.09. The number of hydrogen-bond acceptors (Lipinski definition) is 3. The van der Waals surface area contributed by atoms with E-state index in [1.807, 2.05) is 32.2 Å². The molecule has 0 saturated heterocycles. The van der Waals surface area contributed by atoms with E-state index in [9.17, 15) is 0 Å². The van der Waals surface area contributed by atoms with Crippen LogP contribution in [0.1, 0.15) is 12.5 Å². The van der Waals surface area contributed by atoms with Gasteiger partial charge in [0.05, 0.1) is 18.2 Å². The Morgan fingerprint density at radius 1 is 1.53 bits per heavy atom. The Morgan fingerprint density at radius 3 is 2.87 bits per heavy atom. The molecule has 1 heterocycles. The number of aryl methyl sites for hydroxylation is 1. The van der Waals surface area contributed by atoms with Crippen LogP contribution in [0.2, 0.25) is 0 Å². The fourth-order valence-corrected chi connectivity index (χ4v) is 2.07. The predicted molar refractivity (Wildman–Crippen MR) is 65.3 cm³/mol. The van der Waals surface area contributed by atoms with Crippen molar-refractivity contribution >= 4 is 11.8 Å². The van der Waals surface area contributed by atoms with Gasteiger partial charge in [0.1, 0.15) is 0 Å². The van der Waals surface area contributed by atoms with Crippen molar-refractivity contribution in [2.75, 3.05) is 7.11 Å². The van der Waals surface area contributed by atoms with Crippen molar-refractivity contribution in [3.8, 4) is 5.75 Å². The number of thioether (sulfide) groups is 1. The molecule has 1 rings (SSSR count). The van der Waals surface area contributed by atoms with Gasteiger partial charge in [0, 0.05) is 11.1 Å². The minimum absolute atomic E-state index is 0.797. The van der Waals surface area contributed by atoms with Crippen LogP contribution in [-0.4, -0.2) is 12.1 Å². The molecule has 0 amide bonds. The second kappa shape index (κ2) is 5.61. The lowest BCUT2D eigenvalue weighted by atomic mass is 10.3. The quantitative estimate of drug-likeness (QED) is 0.573. The number of hydrogen-bond donors (Lipinski definition) is 0. The number of pyridine rings is 1. The number of allylic oxidation sites excluding steroid dienone is 2. The molecule has 0 aliphatic carbocycles. The van der Waals surface area contributed by atoms with Gasteiger partial charge in [0.2, 0.25) is 0 Å². The van der Waals surface area contributed by atoms with E-state index < -0.39 is 0 Å². The number of ether oxygens (including phenoxy) is 1. The van der Waals surface area contributed by atoms with Gasteiger partial charge in [-0.15, -0.1) is 0 Å². The highest BCUT2D eigenvalue weighted by atomic mass is 32.2.